The summed E-state index contributed by atoms with van der Waals surface area (Å²) in [5.74, 6) is 0.163. The van der Waals surface area contributed by atoms with Crippen LogP contribution in [0.1, 0.15) is 19.8 Å². The van der Waals surface area contributed by atoms with E-state index in [1.165, 1.54) is 0 Å². The monoisotopic (exact) mass is 257 g/mol. The van der Waals surface area contributed by atoms with Gasteiger partial charge in [-0.15, -0.1) is 0 Å². The summed E-state index contributed by atoms with van der Waals surface area (Å²) in [5, 5.41) is 2.56. The van der Waals surface area contributed by atoms with E-state index in [0.717, 1.165) is 6.42 Å². The van der Waals surface area contributed by atoms with E-state index in [1.807, 2.05) is 6.92 Å². The van der Waals surface area contributed by atoms with Gasteiger partial charge in [0.05, 0.1) is 13.2 Å². The van der Waals surface area contributed by atoms with Gasteiger partial charge in [-0.25, -0.2) is 0 Å². The SMILES string of the molecule is CNC(=O)C1COCCN1C(=O)CCC(C)CN. The summed E-state index contributed by atoms with van der Waals surface area (Å²) in [7, 11) is 1.57. The van der Waals surface area contributed by atoms with Gasteiger partial charge in [0.15, 0.2) is 0 Å². The Labute approximate surface area is 108 Å². The fourth-order valence-corrected chi connectivity index (χ4v) is 1.92. The molecule has 0 bridgehead atoms. The molecule has 0 radical (unpaired) electrons. The third-order valence-electron chi connectivity index (χ3n) is 3.25. The minimum absolute atomic E-state index is 0.00667. The third kappa shape index (κ3) is 3.96. The third-order valence-corrected chi connectivity index (χ3v) is 3.25. The Morgan fingerprint density at radius 2 is 2.28 bits per heavy atom. The standard InChI is InChI=1S/C12H23N3O3/c1-9(7-13)3-4-11(16)15-5-6-18-8-10(15)12(17)14-2/h9-10H,3-8,13H2,1-2H3,(H,14,17). The van der Waals surface area contributed by atoms with Gasteiger partial charge in [0.2, 0.25) is 11.8 Å². The number of morpholine rings is 1. The number of hydrogen-bond acceptors (Lipinski definition) is 4. The van der Waals surface area contributed by atoms with Crippen LogP contribution < -0.4 is 11.1 Å². The normalized spacial score (nSPS) is 21.5. The average molecular weight is 257 g/mol. The van der Waals surface area contributed by atoms with Crippen LogP contribution in [0.5, 0.6) is 0 Å². The van der Waals surface area contributed by atoms with Crippen LogP contribution in [0.2, 0.25) is 0 Å². The van der Waals surface area contributed by atoms with Gasteiger partial charge in [-0.1, -0.05) is 6.92 Å². The van der Waals surface area contributed by atoms with E-state index in [0.29, 0.717) is 32.0 Å². The molecule has 1 aliphatic heterocycles. The lowest BCUT2D eigenvalue weighted by Gasteiger charge is -2.34. The number of ether oxygens (including phenoxy) is 1. The molecule has 6 nitrogen and oxygen atoms in total. The number of nitrogens with zero attached hydrogens (tertiary/aromatic N) is 1. The van der Waals surface area contributed by atoms with Gasteiger partial charge in [-0.3, -0.25) is 9.59 Å². The Morgan fingerprint density at radius 3 is 2.89 bits per heavy atom. The molecule has 0 aliphatic carbocycles. The van der Waals surface area contributed by atoms with Crippen LogP contribution in [-0.4, -0.2) is 56.1 Å². The lowest BCUT2D eigenvalue weighted by Crippen LogP contribution is -2.55. The van der Waals surface area contributed by atoms with Crippen LogP contribution in [0.4, 0.5) is 0 Å². The fraction of sp³-hybridized carbons (Fsp3) is 0.833. The molecule has 0 aromatic heterocycles. The Hall–Kier alpha value is -1.14. The number of carbonyl (C=O) groups is 2. The second-order valence-electron chi connectivity index (χ2n) is 4.67. The maximum Gasteiger partial charge on any atom is 0.244 e. The molecule has 2 amide bonds. The molecule has 2 atom stereocenters. The molecule has 0 saturated carbocycles. The van der Waals surface area contributed by atoms with Gasteiger partial charge >= 0.3 is 0 Å². The van der Waals surface area contributed by atoms with Crippen LogP contribution in [-0.2, 0) is 14.3 Å². The molecule has 3 N–H and O–H groups in total. The highest BCUT2D eigenvalue weighted by Crippen LogP contribution is 2.12. The van der Waals surface area contributed by atoms with Crippen molar-refractivity contribution in [3.63, 3.8) is 0 Å². The van der Waals surface area contributed by atoms with Crippen molar-refractivity contribution in [3.05, 3.63) is 0 Å². The molecule has 104 valence electrons. The number of hydrogen-bond donors (Lipinski definition) is 2. The number of nitrogens with two attached hydrogens (primary N) is 1. The number of nitrogens with one attached hydrogen (secondary N) is 1. The maximum atomic E-state index is 12.1. The second kappa shape index (κ2) is 7.33. The summed E-state index contributed by atoms with van der Waals surface area (Å²) in [6.45, 7) is 3.84. The quantitative estimate of drug-likeness (QED) is 0.684. The summed E-state index contributed by atoms with van der Waals surface area (Å²) in [5.41, 5.74) is 5.52. The molecule has 0 aromatic rings. The molecule has 2 unspecified atom stereocenters. The van der Waals surface area contributed by atoms with Crippen molar-refractivity contribution in [2.75, 3.05) is 33.4 Å². The second-order valence-corrected chi connectivity index (χ2v) is 4.67. The molecular weight excluding hydrogens is 234 g/mol. The van der Waals surface area contributed by atoms with Crippen LogP contribution >= 0.6 is 0 Å². The summed E-state index contributed by atoms with van der Waals surface area (Å²) < 4.78 is 5.26. The Kier molecular flexibility index (Phi) is 6.07. The highest BCUT2D eigenvalue weighted by Gasteiger charge is 2.31. The van der Waals surface area contributed by atoms with Crippen LogP contribution in [0, 0.1) is 5.92 Å². The van der Waals surface area contributed by atoms with E-state index in [4.69, 9.17) is 10.5 Å². The van der Waals surface area contributed by atoms with Gasteiger partial charge in [-0.05, 0) is 18.9 Å². The first-order valence-corrected chi connectivity index (χ1v) is 6.39. The molecule has 0 aromatic carbocycles. The van der Waals surface area contributed by atoms with E-state index in [9.17, 15) is 9.59 Å². The molecule has 18 heavy (non-hydrogen) atoms. The maximum absolute atomic E-state index is 12.1. The lowest BCUT2D eigenvalue weighted by molar-refractivity contribution is -0.148. The van der Waals surface area contributed by atoms with Crippen molar-refractivity contribution in [2.24, 2.45) is 11.7 Å². The van der Waals surface area contributed by atoms with E-state index in [-0.39, 0.29) is 18.4 Å². The first-order chi connectivity index (χ1) is 8.60. The van der Waals surface area contributed by atoms with Gasteiger partial charge in [0.25, 0.3) is 0 Å². The van der Waals surface area contributed by atoms with E-state index in [1.54, 1.807) is 11.9 Å². The first kappa shape index (κ1) is 14.9. The number of carbonyl (C=O) groups excluding carboxylic acids is 2. The minimum Gasteiger partial charge on any atom is -0.377 e. The zero-order valence-electron chi connectivity index (χ0n) is 11.1. The fourth-order valence-electron chi connectivity index (χ4n) is 1.92. The number of amides is 2. The van der Waals surface area contributed by atoms with E-state index in [2.05, 4.69) is 5.32 Å². The van der Waals surface area contributed by atoms with Crippen molar-refractivity contribution in [1.29, 1.82) is 0 Å². The number of rotatable bonds is 5. The zero-order chi connectivity index (χ0) is 13.5. The molecule has 1 heterocycles. The molecule has 6 heteroatoms. The smallest absolute Gasteiger partial charge is 0.244 e. The summed E-state index contributed by atoms with van der Waals surface area (Å²) in [6, 6.07) is -0.496. The summed E-state index contributed by atoms with van der Waals surface area (Å²) >= 11 is 0. The van der Waals surface area contributed by atoms with Crippen molar-refractivity contribution in [1.82, 2.24) is 10.2 Å². The van der Waals surface area contributed by atoms with Crippen LogP contribution in [0.15, 0.2) is 0 Å². The van der Waals surface area contributed by atoms with Crippen molar-refractivity contribution >= 4 is 11.8 Å². The van der Waals surface area contributed by atoms with Gasteiger partial charge in [0.1, 0.15) is 6.04 Å². The zero-order valence-corrected chi connectivity index (χ0v) is 11.1. The summed E-state index contributed by atoms with van der Waals surface area (Å²) in [6.07, 6.45) is 1.19. The molecular formula is C12H23N3O3. The van der Waals surface area contributed by atoms with Crippen molar-refractivity contribution < 1.29 is 14.3 Å². The van der Waals surface area contributed by atoms with E-state index >= 15 is 0 Å². The van der Waals surface area contributed by atoms with Gasteiger partial charge in [-0.2, -0.15) is 0 Å². The molecule has 1 saturated heterocycles. The van der Waals surface area contributed by atoms with Gasteiger partial charge < -0.3 is 20.7 Å². The van der Waals surface area contributed by atoms with Crippen LogP contribution in [0.3, 0.4) is 0 Å². The van der Waals surface area contributed by atoms with Crippen molar-refractivity contribution in [3.8, 4) is 0 Å². The molecule has 1 rings (SSSR count). The Bertz CT molecular complexity index is 296. The van der Waals surface area contributed by atoms with E-state index < -0.39 is 6.04 Å². The van der Waals surface area contributed by atoms with Gasteiger partial charge in [0, 0.05) is 20.0 Å². The first-order valence-electron chi connectivity index (χ1n) is 6.39. The molecule has 1 aliphatic rings. The Morgan fingerprint density at radius 1 is 1.56 bits per heavy atom. The Balaban J connectivity index is 2.54. The van der Waals surface area contributed by atoms with Crippen molar-refractivity contribution in [2.45, 2.75) is 25.8 Å². The summed E-state index contributed by atoms with van der Waals surface area (Å²) in [4.78, 5) is 25.4. The molecule has 1 fully saturated rings. The highest BCUT2D eigenvalue weighted by molar-refractivity contribution is 5.87. The molecule has 0 spiro atoms. The topological polar surface area (TPSA) is 84.7 Å². The lowest BCUT2D eigenvalue weighted by atomic mass is 10.0. The predicted octanol–water partition coefficient (Wildman–Crippen LogP) is -0.665. The largest absolute Gasteiger partial charge is 0.377 e. The minimum atomic E-state index is -0.496. The van der Waals surface area contributed by atoms with Crippen LogP contribution in [0.25, 0.3) is 0 Å². The average Bonchev–Trinajstić information content (AvgIpc) is 2.43. The number of likely N-dealkylation sites (N-methyl/N-ethyl adjacent to an activating group) is 1. The highest BCUT2D eigenvalue weighted by atomic mass is 16.5. The predicted molar refractivity (Wildman–Crippen MR) is 67.8 cm³/mol.